The average Bonchev–Trinajstić information content (AvgIpc) is 3.22. The summed E-state index contributed by atoms with van der Waals surface area (Å²) in [5.41, 5.74) is 2.05. The minimum atomic E-state index is -0.0849. The molecule has 0 radical (unpaired) electrons. The van der Waals surface area contributed by atoms with Gasteiger partial charge in [0.05, 0.1) is 18.6 Å². The van der Waals surface area contributed by atoms with Crippen LogP contribution in [0.5, 0.6) is 5.75 Å². The normalized spacial score (nSPS) is 10.6. The van der Waals surface area contributed by atoms with Crippen LogP contribution in [0.1, 0.15) is 11.3 Å². The Morgan fingerprint density at radius 3 is 2.84 bits per heavy atom. The van der Waals surface area contributed by atoms with Crippen molar-refractivity contribution >= 4 is 34.1 Å². The first kappa shape index (κ1) is 17.5. The molecule has 3 aromatic rings. The van der Waals surface area contributed by atoms with Crippen LogP contribution in [0.4, 0.5) is 5.13 Å². The zero-order chi connectivity index (χ0) is 17.6. The maximum absolute atomic E-state index is 12.0. The highest BCUT2D eigenvalue weighted by Crippen LogP contribution is 2.20. The molecule has 8 heteroatoms. The van der Waals surface area contributed by atoms with E-state index < -0.39 is 0 Å². The zero-order valence-corrected chi connectivity index (χ0v) is 15.6. The van der Waals surface area contributed by atoms with Crippen LogP contribution in [0.15, 0.2) is 47.2 Å². The molecule has 130 valence electrons. The molecule has 0 aliphatic heterocycles. The van der Waals surface area contributed by atoms with Crippen LogP contribution in [-0.4, -0.2) is 33.3 Å². The molecule has 0 saturated heterocycles. The van der Waals surface area contributed by atoms with E-state index in [0.717, 1.165) is 22.2 Å². The van der Waals surface area contributed by atoms with Gasteiger partial charge in [0.15, 0.2) is 10.3 Å². The van der Waals surface area contributed by atoms with Gasteiger partial charge in [-0.2, -0.15) is 0 Å². The molecule has 0 aliphatic rings. The van der Waals surface area contributed by atoms with Crippen LogP contribution in [0, 0.1) is 6.92 Å². The molecule has 0 saturated carbocycles. The van der Waals surface area contributed by atoms with Gasteiger partial charge >= 0.3 is 0 Å². The van der Waals surface area contributed by atoms with E-state index in [1.54, 1.807) is 13.3 Å². The van der Waals surface area contributed by atoms with Crippen molar-refractivity contribution in [1.82, 2.24) is 14.5 Å². The Morgan fingerprint density at radius 1 is 1.36 bits per heavy atom. The van der Waals surface area contributed by atoms with Crippen molar-refractivity contribution in [2.24, 2.45) is 0 Å². The number of methoxy groups -OCH3 is 1. The summed E-state index contributed by atoms with van der Waals surface area (Å²) >= 11 is 2.83. The second-order valence-corrected chi connectivity index (χ2v) is 7.12. The topological polar surface area (TPSA) is 69.0 Å². The second-order valence-electron chi connectivity index (χ2n) is 5.32. The van der Waals surface area contributed by atoms with E-state index in [0.29, 0.717) is 11.7 Å². The van der Waals surface area contributed by atoms with Crippen LogP contribution in [0.2, 0.25) is 0 Å². The molecular formula is C17H18N4O2S2. The summed E-state index contributed by atoms with van der Waals surface area (Å²) in [6, 6.07) is 7.90. The minimum absolute atomic E-state index is 0.0849. The van der Waals surface area contributed by atoms with Crippen molar-refractivity contribution in [3.05, 3.63) is 53.3 Å². The second kappa shape index (κ2) is 8.17. The molecule has 2 aromatic heterocycles. The summed E-state index contributed by atoms with van der Waals surface area (Å²) in [5, 5.41) is 6.15. The zero-order valence-electron chi connectivity index (χ0n) is 13.9. The van der Waals surface area contributed by atoms with Gasteiger partial charge in [-0.25, -0.2) is 9.97 Å². The number of imidazole rings is 1. The lowest BCUT2D eigenvalue weighted by Crippen LogP contribution is -2.14. The third-order valence-electron chi connectivity index (χ3n) is 3.39. The van der Waals surface area contributed by atoms with E-state index in [-0.39, 0.29) is 11.7 Å². The predicted molar refractivity (Wildman–Crippen MR) is 101 cm³/mol. The summed E-state index contributed by atoms with van der Waals surface area (Å²) in [4.78, 5) is 20.6. The molecule has 0 aliphatic carbocycles. The molecular weight excluding hydrogens is 356 g/mol. The first-order chi connectivity index (χ1) is 12.1. The van der Waals surface area contributed by atoms with Crippen molar-refractivity contribution in [2.45, 2.75) is 18.6 Å². The number of thioether (sulfide) groups is 1. The number of thiazole rings is 1. The van der Waals surface area contributed by atoms with Crippen molar-refractivity contribution in [2.75, 3.05) is 18.2 Å². The van der Waals surface area contributed by atoms with Gasteiger partial charge in [-0.05, 0) is 24.6 Å². The molecule has 25 heavy (non-hydrogen) atoms. The van der Waals surface area contributed by atoms with E-state index in [1.807, 2.05) is 47.3 Å². The average molecular weight is 374 g/mol. The summed E-state index contributed by atoms with van der Waals surface area (Å²) < 4.78 is 7.19. The highest BCUT2D eigenvalue weighted by molar-refractivity contribution is 7.99. The van der Waals surface area contributed by atoms with E-state index in [2.05, 4.69) is 15.3 Å². The quantitative estimate of drug-likeness (QED) is 0.642. The van der Waals surface area contributed by atoms with Gasteiger partial charge in [-0.3, -0.25) is 4.79 Å². The Labute approximate surface area is 154 Å². The fourth-order valence-corrected chi connectivity index (χ4v) is 3.64. The number of hydrogen-bond donors (Lipinski definition) is 1. The summed E-state index contributed by atoms with van der Waals surface area (Å²) in [6.07, 6.45) is 3.66. The lowest BCUT2D eigenvalue weighted by atomic mass is 10.2. The monoisotopic (exact) mass is 374 g/mol. The fourth-order valence-electron chi connectivity index (χ4n) is 2.18. The molecule has 0 unspecified atom stereocenters. The van der Waals surface area contributed by atoms with Gasteiger partial charge in [0.2, 0.25) is 5.91 Å². The molecule has 0 atom stereocenters. The number of ether oxygens (including phenoxy) is 1. The molecule has 3 rings (SSSR count). The van der Waals surface area contributed by atoms with Gasteiger partial charge in [0, 0.05) is 24.3 Å². The molecule has 0 spiro atoms. The lowest BCUT2D eigenvalue weighted by Gasteiger charge is -2.08. The maximum Gasteiger partial charge on any atom is 0.236 e. The smallest absolute Gasteiger partial charge is 0.236 e. The van der Waals surface area contributed by atoms with Gasteiger partial charge < -0.3 is 14.6 Å². The standard InChI is InChI=1S/C17H18N4O2S2/c1-12-10-24-16(19-12)20-15(22)11-25-17-18-7-8-21(17)9-13-3-5-14(23-2)6-4-13/h3-8,10H,9,11H2,1-2H3,(H,19,20,22). The lowest BCUT2D eigenvalue weighted by molar-refractivity contribution is -0.113. The van der Waals surface area contributed by atoms with Crippen molar-refractivity contribution in [3.63, 3.8) is 0 Å². The van der Waals surface area contributed by atoms with Gasteiger partial charge in [0.1, 0.15) is 5.75 Å². The van der Waals surface area contributed by atoms with E-state index in [4.69, 9.17) is 4.74 Å². The van der Waals surface area contributed by atoms with Gasteiger partial charge in [-0.1, -0.05) is 23.9 Å². The van der Waals surface area contributed by atoms with E-state index in [9.17, 15) is 4.79 Å². The van der Waals surface area contributed by atoms with Crippen molar-refractivity contribution in [1.29, 1.82) is 0 Å². The molecule has 0 fully saturated rings. The number of nitrogens with zero attached hydrogens (tertiary/aromatic N) is 3. The Kier molecular flexibility index (Phi) is 5.72. The Hall–Kier alpha value is -2.32. The number of aryl methyl sites for hydroxylation is 1. The number of aromatic nitrogens is 3. The summed E-state index contributed by atoms with van der Waals surface area (Å²) in [7, 11) is 1.65. The van der Waals surface area contributed by atoms with Crippen molar-refractivity contribution < 1.29 is 9.53 Å². The van der Waals surface area contributed by atoms with E-state index >= 15 is 0 Å². The predicted octanol–water partition coefficient (Wildman–Crippen LogP) is 3.44. The number of hydrogen-bond acceptors (Lipinski definition) is 6. The SMILES string of the molecule is COc1ccc(Cn2ccnc2SCC(=O)Nc2nc(C)cs2)cc1. The first-order valence-electron chi connectivity index (χ1n) is 7.63. The van der Waals surface area contributed by atoms with Gasteiger partial charge in [-0.15, -0.1) is 11.3 Å². The molecule has 1 amide bonds. The summed E-state index contributed by atoms with van der Waals surface area (Å²) in [5.74, 6) is 1.04. The number of rotatable bonds is 7. The van der Waals surface area contributed by atoms with Crippen LogP contribution in [0.25, 0.3) is 0 Å². The van der Waals surface area contributed by atoms with Gasteiger partial charge in [0.25, 0.3) is 0 Å². The third-order valence-corrected chi connectivity index (χ3v) is 5.27. The Balaban J connectivity index is 1.56. The largest absolute Gasteiger partial charge is 0.497 e. The highest BCUT2D eigenvalue weighted by Gasteiger charge is 2.10. The van der Waals surface area contributed by atoms with Crippen LogP contribution in [-0.2, 0) is 11.3 Å². The van der Waals surface area contributed by atoms with E-state index in [1.165, 1.54) is 23.1 Å². The molecule has 6 nitrogen and oxygen atoms in total. The molecule has 0 bridgehead atoms. The summed E-state index contributed by atoms with van der Waals surface area (Å²) in [6.45, 7) is 2.59. The molecule has 1 N–H and O–H groups in total. The minimum Gasteiger partial charge on any atom is -0.497 e. The number of carbonyl (C=O) groups is 1. The molecule has 1 aromatic carbocycles. The fraction of sp³-hybridized carbons (Fsp3) is 0.235. The number of benzene rings is 1. The van der Waals surface area contributed by atoms with Crippen LogP contribution in [0.3, 0.4) is 0 Å². The number of amides is 1. The van der Waals surface area contributed by atoms with Crippen molar-refractivity contribution in [3.8, 4) is 5.75 Å². The first-order valence-corrected chi connectivity index (χ1v) is 9.49. The third kappa shape index (κ3) is 4.83. The van der Waals surface area contributed by atoms with Crippen LogP contribution < -0.4 is 10.1 Å². The maximum atomic E-state index is 12.0. The molecule has 2 heterocycles. The number of carbonyl (C=O) groups excluding carboxylic acids is 1. The Morgan fingerprint density at radius 2 is 2.16 bits per heavy atom. The Bertz CT molecular complexity index is 842. The number of anilines is 1. The van der Waals surface area contributed by atoms with Crippen LogP contribution >= 0.6 is 23.1 Å². The highest BCUT2D eigenvalue weighted by atomic mass is 32.2. The number of nitrogens with one attached hydrogen (secondary N) is 1.